The van der Waals surface area contributed by atoms with E-state index in [1.807, 2.05) is 51.3 Å². The highest BCUT2D eigenvalue weighted by Gasteiger charge is 2.11. The molecule has 2 aromatic rings. The smallest absolute Gasteiger partial charge is 0.183 e. The first-order valence-corrected chi connectivity index (χ1v) is 11.8. The van der Waals surface area contributed by atoms with Crippen LogP contribution in [-0.4, -0.2) is 60.3 Å². The number of benzene rings is 1. The highest BCUT2D eigenvalue weighted by molar-refractivity contribution is 7.16. The van der Waals surface area contributed by atoms with Crippen molar-refractivity contribution < 1.29 is 5.11 Å². The minimum Gasteiger partial charge on any atom is -0.508 e. The fourth-order valence-corrected chi connectivity index (χ4v) is 3.73. The molecule has 1 aromatic heterocycles. The fraction of sp³-hybridized carbons (Fsp3) is 0.375. The number of anilines is 1. The number of aromatic nitrogens is 1. The number of phenolic OH excluding ortho intramolecular Hbond substituents is 1. The monoisotopic (exact) mass is 454 g/mol. The van der Waals surface area contributed by atoms with Crippen LogP contribution in [0.25, 0.3) is 12.2 Å². The maximum atomic E-state index is 9.55. The summed E-state index contributed by atoms with van der Waals surface area (Å²) in [5, 5.41) is 17.2. The third-order valence-corrected chi connectivity index (χ3v) is 5.46. The Labute approximate surface area is 195 Å². The first kappa shape index (κ1) is 25.3. The number of nitrogens with one attached hydrogen (secondary N) is 2. The van der Waals surface area contributed by atoms with Crippen molar-refractivity contribution in [2.24, 2.45) is 9.98 Å². The Morgan fingerprint density at radius 2 is 2.16 bits per heavy atom. The molecule has 3 rings (SSSR count). The van der Waals surface area contributed by atoms with E-state index >= 15 is 0 Å². The largest absolute Gasteiger partial charge is 0.508 e. The second kappa shape index (κ2) is 14.2. The minimum absolute atomic E-state index is 0.260. The van der Waals surface area contributed by atoms with Gasteiger partial charge >= 0.3 is 0 Å². The van der Waals surface area contributed by atoms with Gasteiger partial charge in [0, 0.05) is 37.3 Å². The van der Waals surface area contributed by atoms with E-state index in [1.54, 1.807) is 23.5 Å². The molecule has 172 valence electrons. The molecule has 0 atom stereocenters. The number of hydrogen-bond donors (Lipinski definition) is 3. The second-order valence-electron chi connectivity index (χ2n) is 6.85. The molecule has 0 aliphatic carbocycles. The SMILES string of the molecule is C=N/C(C)=N\C(=C/CNc1ncc(/C=C/c2cccc(O)c2)s1)N1CCCNCC1.CC. The molecule has 0 unspecified atom stereocenters. The molecule has 0 bridgehead atoms. The zero-order chi connectivity index (χ0) is 23.2. The van der Waals surface area contributed by atoms with E-state index in [0.717, 1.165) is 54.0 Å². The van der Waals surface area contributed by atoms with Gasteiger partial charge in [0.15, 0.2) is 5.13 Å². The van der Waals surface area contributed by atoms with Crippen molar-refractivity contribution in [2.75, 3.05) is 38.0 Å². The van der Waals surface area contributed by atoms with Crippen LogP contribution < -0.4 is 10.6 Å². The Balaban J connectivity index is 0.00000176. The van der Waals surface area contributed by atoms with Gasteiger partial charge in [-0.15, -0.1) is 0 Å². The van der Waals surface area contributed by atoms with Crippen molar-refractivity contribution in [3.05, 3.63) is 52.8 Å². The Kier molecular flexibility index (Phi) is 11.2. The number of nitrogens with zero attached hydrogens (tertiary/aromatic N) is 4. The van der Waals surface area contributed by atoms with E-state index in [9.17, 15) is 5.11 Å². The molecule has 1 aliphatic heterocycles. The second-order valence-corrected chi connectivity index (χ2v) is 7.91. The highest BCUT2D eigenvalue weighted by Crippen LogP contribution is 2.21. The number of amidine groups is 1. The van der Waals surface area contributed by atoms with Gasteiger partial charge in [0.25, 0.3) is 0 Å². The van der Waals surface area contributed by atoms with E-state index in [1.165, 1.54) is 0 Å². The Bertz CT molecular complexity index is 926. The number of thiazole rings is 1. The molecule has 1 aromatic carbocycles. The van der Waals surface area contributed by atoms with E-state index in [-0.39, 0.29) is 5.75 Å². The van der Waals surface area contributed by atoms with Crippen molar-refractivity contribution in [1.82, 2.24) is 15.2 Å². The maximum Gasteiger partial charge on any atom is 0.183 e. The minimum atomic E-state index is 0.260. The molecule has 8 heteroatoms. The number of hydrogen-bond acceptors (Lipinski definition) is 7. The third-order valence-electron chi connectivity index (χ3n) is 4.54. The lowest BCUT2D eigenvalue weighted by atomic mass is 10.2. The zero-order valence-corrected chi connectivity index (χ0v) is 20.0. The summed E-state index contributed by atoms with van der Waals surface area (Å²) in [6, 6.07) is 7.15. The van der Waals surface area contributed by atoms with Gasteiger partial charge in [-0.05, 0) is 56.5 Å². The Hall–Kier alpha value is -2.97. The summed E-state index contributed by atoms with van der Waals surface area (Å²) in [7, 11) is 0. The number of phenols is 1. The Morgan fingerprint density at radius 1 is 1.31 bits per heavy atom. The van der Waals surface area contributed by atoms with E-state index in [0.29, 0.717) is 12.4 Å². The predicted octanol–water partition coefficient (Wildman–Crippen LogP) is 4.71. The van der Waals surface area contributed by atoms with Crippen LogP contribution >= 0.6 is 11.3 Å². The molecule has 2 heterocycles. The summed E-state index contributed by atoms with van der Waals surface area (Å²) in [4.78, 5) is 16.3. The van der Waals surface area contributed by atoms with Crippen LogP contribution in [0.3, 0.4) is 0 Å². The molecular weight excluding hydrogens is 420 g/mol. The molecule has 1 fully saturated rings. The normalized spacial score (nSPS) is 15.2. The topological polar surface area (TPSA) is 85.1 Å². The van der Waals surface area contributed by atoms with Gasteiger partial charge in [-0.2, -0.15) is 0 Å². The fourth-order valence-electron chi connectivity index (χ4n) is 3.00. The summed E-state index contributed by atoms with van der Waals surface area (Å²) < 4.78 is 0. The van der Waals surface area contributed by atoms with Crippen LogP contribution in [0.1, 0.15) is 37.6 Å². The van der Waals surface area contributed by atoms with Crippen molar-refractivity contribution in [1.29, 1.82) is 0 Å². The molecule has 1 aliphatic rings. The van der Waals surface area contributed by atoms with Crippen LogP contribution in [-0.2, 0) is 0 Å². The molecule has 0 amide bonds. The van der Waals surface area contributed by atoms with E-state index < -0.39 is 0 Å². The van der Waals surface area contributed by atoms with Crippen molar-refractivity contribution in [3.8, 4) is 5.75 Å². The third kappa shape index (κ3) is 8.64. The molecule has 7 nitrogen and oxygen atoms in total. The number of rotatable bonds is 7. The average Bonchev–Trinajstić information content (AvgIpc) is 3.09. The van der Waals surface area contributed by atoms with Gasteiger partial charge in [0.05, 0.1) is 0 Å². The molecule has 1 saturated heterocycles. The summed E-state index contributed by atoms with van der Waals surface area (Å²) >= 11 is 1.58. The number of aliphatic imine (C=N–C) groups is 2. The van der Waals surface area contributed by atoms with Crippen LogP contribution in [0.15, 0.2) is 52.3 Å². The summed E-state index contributed by atoms with van der Waals surface area (Å²) in [5.41, 5.74) is 0.946. The molecule has 0 spiro atoms. The van der Waals surface area contributed by atoms with Crippen LogP contribution in [0.4, 0.5) is 5.13 Å². The lowest BCUT2D eigenvalue weighted by Crippen LogP contribution is -2.27. The van der Waals surface area contributed by atoms with Crippen molar-refractivity contribution >= 4 is 41.2 Å². The summed E-state index contributed by atoms with van der Waals surface area (Å²) in [6.45, 7) is 13.9. The van der Waals surface area contributed by atoms with Gasteiger partial charge in [-0.3, -0.25) is 0 Å². The van der Waals surface area contributed by atoms with Crippen molar-refractivity contribution in [3.63, 3.8) is 0 Å². The van der Waals surface area contributed by atoms with Gasteiger partial charge < -0.3 is 20.6 Å². The molecule has 0 radical (unpaired) electrons. The van der Waals surface area contributed by atoms with Crippen LogP contribution in [0.5, 0.6) is 5.75 Å². The van der Waals surface area contributed by atoms with E-state index in [2.05, 4.69) is 43.3 Å². The first-order chi connectivity index (χ1) is 15.6. The molecule has 0 saturated carbocycles. The standard InChI is InChI=1S/C22H28N6OS.C2H6/c1-17(23-2)27-21(28-13-4-10-24-12-14-28)9-11-25-22-26-16-20(30-22)8-7-18-5-3-6-19(29)15-18;1-2/h3,5-9,15-16,24,29H,2,4,10-14H2,1H3,(H,25,26);1-2H3/b8-7+,21-9+,27-17-;. The van der Waals surface area contributed by atoms with Crippen LogP contribution in [0, 0.1) is 0 Å². The van der Waals surface area contributed by atoms with E-state index in [4.69, 9.17) is 0 Å². The van der Waals surface area contributed by atoms with Gasteiger partial charge in [0.1, 0.15) is 17.4 Å². The quantitative estimate of drug-likeness (QED) is 0.417. The first-order valence-electron chi connectivity index (χ1n) is 11.0. The van der Waals surface area contributed by atoms with Gasteiger partial charge in [0.2, 0.25) is 0 Å². The maximum absolute atomic E-state index is 9.55. The number of aromatic hydroxyl groups is 1. The molecular formula is C24H34N6OS. The summed E-state index contributed by atoms with van der Waals surface area (Å²) in [6.07, 6.45) is 8.95. The molecule has 32 heavy (non-hydrogen) atoms. The highest BCUT2D eigenvalue weighted by atomic mass is 32.1. The van der Waals surface area contributed by atoms with Crippen LogP contribution in [0.2, 0.25) is 0 Å². The van der Waals surface area contributed by atoms with Crippen molar-refractivity contribution in [2.45, 2.75) is 27.2 Å². The van der Waals surface area contributed by atoms with Gasteiger partial charge in [-0.1, -0.05) is 43.4 Å². The zero-order valence-electron chi connectivity index (χ0n) is 19.2. The van der Waals surface area contributed by atoms with Gasteiger partial charge in [-0.25, -0.2) is 15.0 Å². The lowest BCUT2D eigenvalue weighted by Gasteiger charge is -2.22. The summed E-state index contributed by atoms with van der Waals surface area (Å²) in [5.74, 6) is 1.83. The molecule has 3 N–H and O–H groups in total. The predicted molar refractivity (Wildman–Crippen MR) is 139 cm³/mol. The Morgan fingerprint density at radius 3 is 2.94 bits per heavy atom. The lowest BCUT2D eigenvalue weighted by molar-refractivity contribution is 0.363. The average molecular weight is 455 g/mol.